The van der Waals surface area contributed by atoms with E-state index in [1.54, 1.807) is 0 Å². The predicted octanol–water partition coefficient (Wildman–Crippen LogP) is 1.62. The topological polar surface area (TPSA) is 38.3 Å². The zero-order chi connectivity index (χ0) is 9.54. The number of hydrogen-bond acceptors (Lipinski definition) is 3. The highest BCUT2D eigenvalue weighted by Gasteiger charge is 2.24. The number of nitrogens with one attached hydrogen (secondary N) is 1. The Kier molecular flexibility index (Phi) is 1.54. The fourth-order valence-electron chi connectivity index (χ4n) is 2.15. The Bertz CT molecular complexity index is 412. The monoisotopic (exact) mass is 189 g/mol. The number of hydrogen-bond donors (Lipinski definition) is 1. The first-order chi connectivity index (χ1) is 6.86. The summed E-state index contributed by atoms with van der Waals surface area (Å²) >= 11 is 0. The van der Waals surface area contributed by atoms with Crippen molar-refractivity contribution in [2.75, 3.05) is 18.5 Å². The Hall–Kier alpha value is -1.51. The number of ketones is 1. The molecule has 3 rings (SSSR count). The van der Waals surface area contributed by atoms with Gasteiger partial charge in [-0.05, 0) is 12.1 Å². The van der Waals surface area contributed by atoms with Gasteiger partial charge in [-0.3, -0.25) is 4.79 Å². The SMILES string of the molecule is O=C1CCNc2c1ccc1c2CCO1. The molecular weight excluding hydrogens is 178 g/mol. The Morgan fingerprint density at radius 2 is 2.21 bits per heavy atom. The molecule has 1 aromatic rings. The summed E-state index contributed by atoms with van der Waals surface area (Å²) in [6, 6.07) is 3.78. The van der Waals surface area contributed by atoms with Crippen LogP contribution < -0.4 is 10.1 Å². The lowest BCUT2D eigenvalue weighted by molar-refractivity contribution is 0.0983. The smallest absolute Gasteiger partial charge is 0.166 e. The predicted molar refractivity (Wildman–Crippen MR) is 53.1 cm³/mol. The maximum absolute atomic E-state index is 11.6. The molecule has 2 aliphatic rings. The molecule has 2 aliphatic heterocycles. The van der Waals surface area contributed by atoms with E-state index in [-0.39, 0.29) is 5.78 Å². The highest BCUT2D eigenvalue weighted by atomic mass is 16.5. The number of carbonyl (C=O) groups is 1. The normalized spacial score (nSPS) is 18.1. The average Bonchev–Trinajstić information content (AvgIpc) is 2.66. The van der Waals surface area contributed by atoms with E-state index in [1.165, 1.54) is 5.56 Å². The van der Waals surface area contributed by atoms with E-state index in [0.29, 0.717) is 6.42 Å². The molecule has 2 heterocycles. The summed E-state index contributed by atoms with van der Waals surface area (Å²) in [6.07, 6.45) is 1.52. The van der Waals surface area contributed by atoms with Gasteiger partial charge in [0.05, 0.1) is 12.3 Å². The molecule has 0 saturated heterocycles. The minimum absolute atomic E-state index is 0.244. The number of ether oxygens (including phenoxy) is 1. The minimum atomic E-state index is 0.244. The van der Waals surface area contributed by atoms with E-state index in [0.717, 1.165) is 36.6 Å². The van der Waals surface area contributed by atoms with Crippen molar-refractivity contribution in [2.24, 2.45) is 0 Å². The Balaban J connectivity index is 2.22. The second-order valence-electron chi connectivity index (χ2n) is 3.66. The van der Waals surface area contributed by atoms with Gasteiger partial charge >= 0.3 is 0 Å². The van der Waals surface area contributed by atoms with Crippen LogP contribution in [0.1, 0.15) is 22.3 Å². The Morgan fingerprint density at radius 1 is 1.29 bits per heavy atom. The lowest BCUT2D eigenvalue weighted by Gasteiger charge is -2.19. The summed E-state index contributed by atoms with van der Waals surface area (Å²) in [6.45, 7) is 1.49. The molecule has 3 heteroatoms. The maximum atomic E-state index is 11.6. The van der Waals surface area contributed by atoms with Crippen molar-refractivity contribution in [1.82, 2.24) is 0 Å². The van der Waals surface area contributed by atoms with Gasteiger partial charge in [0.2, 0.25) is 0 Å². The van der Waals surface area contributed by atoms with Gasteiger partial charge in [-0.1, -0.05) is 0 Å². The summed E-state index contributed by atoms with van der Waals surface area (Å²) in [7, 11) is 0. The quantitative estimate of drug-likeness (QED) is 0.674. The van der Waals surface area contributed by atoms with Gasteiger partial charge in [0, 0.05) is 30.5 Å². The van der Waals surface area contributed by atoms with Crippen molar-refractivity contribution in [1.29, 1.82) is 0 Å². The third-order valence-electron chi connectivity index (χ3n) is 2.83. The lowest BCUT2D eigenvalue weighted by atomic mass is 9.97. The fourth-order valence-corrected chi connectivity index (χ4v) is 2.15. The zero-order valence-electron chi connectivity index (χ0n) is 7.80. The van der Waals surface area contributed by atoms with Crippen molar-refractivity contribution in [3.05, 3.63) is 23.3 Å². The third kappa shape index (κ3) is 0.953. The van der Waals surface area contributed by atoms with Gasteiger partial charge in [0.15, 0.2) is 5.78 Å². The molecule has 0 fully saturated rings. The molecule has 0 unspecified atom stereocenters. The summed E-state index contributed by atoms with van der Waals surface area (Å²) in [5.74, 6) is 1.18. The van der Waals surface area contributed by atoms with Crippen molar-refractivity contribution < 1.29 is 9.53 Å². The average molecular weight is 189 g/mol. The third-order valence-corrected chi connectivity index (χ3v) is 2.83. The van der Waals surface area contributed by atoms with Crippen LogP contribution in [0.2, 0.25) is 0 Å². The molecular formula is C11H11NO2. The molecule has 0 spiro atoms. The molecule has 0 aromatic heterocycles. The van der Waals surface area contributed by atoms with Gasteiger partial charge in [0.25, 0.3) is 0 Å². The van der Waals surface area contributed by atoms with E-state index in [2.05, 4.69) is 5.32 Å². The van der Waals surface area contributed by atoms with Crippen molar-refractivity contribution in [3.63, 3.8) is 0 Å². The van der Waals surface area contributed by atoms with E-state index < -0.39 is 0 Å². The van der Waals surface area contributed by atoms with E-state index in [1.807, 2.05) is 12.1 Å². The van der Waals surface area contributed by atoms with Crippen molar-refractivity contribution in [2.45, 2.75) is 12.8 Å². The maximum Gasteiger partial charge on any atom is 0.166 e. The second-order valence-corrected chi connectivity index (χ2v) is 3.66. The van der Waals surface area contributed by atoms with Gasteiger partial charge in [-0.2, -0.15) is 0 Å². The standard InChI is InChI=1S/C11H11NO2/c13-9-3-5-12-11-7(9)1-2-10-8(11)4-6-14-10/h1-2,12H,3-6H2. The van der Waals surface area contributed by atoms with Gasteiger partial charge in [-0.25, -0.2) is 0 Å². The molecule has 0 radical (unpaired) electrons. The number of anilines is 1. The summed E-state index contributed by atoms with van der Waals surface area (Å²) in [4.78, 5) is 11.6. The number of carbonyl (C=O) groups excluding carboxylic acids is 1. The van der Waals surface area contributed by atoms with Crippen LogP contribution >= 0.6 is 0 Å². The molecule has 0 bridgehead atoms. The highest BCUT2D eigenvalue weighted by Crippen LogP contribution is 2.36. The minimum Gasteiger partial charge on any atom is -0.493 e. The van der Waals surface area contributed by atoms with Crippen LogP contribution in [0.3, 0.4) is 0 Å². The van der Waals surface area contributed by atoms with E-state index in [9.17, 15) is 4.79 Å². The molecule has 0 aliphatic carbocycles. The Morgan fingerprint density at radius 3 is 3.14 bits per heavy atom. The van der Waals surface area contributed by atoms with Gasteiger partial charge in [-0.15, -0.1) is 0 Å². The molecule has 0 saturated carbocycles. The first kappa shape index (κ1) is 7.85. The van der Waals surface area contributed by atoms with Gasteiger partial charge < -0.3 is 10.1 Å². The van der Waals surface area contributed by atoms with Crippen LogP contribution in [0.5, 0.6) is 5.75 Å². The Labute approximate surface area is 82.1 Å². The molecule has 0 amide bonds. The molecule has 1 N–H and O–H groups in total. The van der Waals surface area contributed by atoms with Crippen LogP contribution in [0.4, 0.5) is 5.69 Å². The molecule has 72 valence electrons. The van der Waals surface area contributed by atoms with Crippen LogP contribution in [0.15, 0.2) is 12.1 Å². The van der Waals surface area contributed by atoms with E-state index in [4.69, 9.17) is 4.74 Å². The van der Waals surface area contributed by atoms with Crippen LogP contribution in [-0.2, 0) is 6.42 Å². The largest absolute Gasteiger partial charge is 0.493 e. The van der Waals surface area contributed by atoms with Crippen molar-refractivity contribution in [3.8, 4) is 5.75 Å². The molecule has 1 aromatic carbocycles. The van der Waals surface area contributed by atoms with Crippen LogP contribution in [-0.4, -0.2) is 18.9 Å². The molecule has 3 nitrogen and oxygen atoms in total. The fraction of sp³-hybridized carbons (Fsp3) is 0.364. The lowest BCUT2D eigenvalue weighted by Crippen LogP contribution is -2.18. The molecule has 0 atom stereocenters. The number of fused-ring (bicyclic) bond motifs is 3. The molecule has 14 heavy (non-hydrogen) atoms. The summed E-state index contributed by atoms with van der Waals surface area (Å²) in [5.41, 5.74) is 3.02. The number of Topliss-reactive ketones (excluding diaryl/α,β-unsaturated/α-hetero) is 1. The summed E-state index contributed by atoms with van der Waals surface area (Å²) < 4.78 is 5.45. The van der Waals surface area contributed by atoms with Crippen molar-refractivity contribution >= 4 is 11.5 Å². The second kappa shape index (κ2) is 2.74. The number of rotatable bonds is 0. The summed E-state index contributed by atoms with van der Waals surface area (Å²) in [5, 5.41) is 3.29. The number of benzene rings is 1. The van der Waals surface area contributed by atoms with E-state index >= 15 is 0 Å². The zero-order valence-corrected chi connectivity index (χ0v) is 7.80. The highest BCUT2D eigenvalue weighted by molar-refractivity contribution is 6.04. The van der Waals surface area contributed by atoms with Gasteiger partial charge in [0.1, 0.15) is 5.75 Å². The first-order valence-electron chi connectivity index (χ1n) is 4.92. The van der Waals surface area contributed by atoms with Crippen LogP contribution in [0.25, 0.3) is 0 Å². The van der Waals surface area contributed by atoms with Crippen LogP contribution in [0, 0.1) is 0 Å². The first-order valence-corrected chi connectivity index (χ1v) is 4.92.